The number of carbonyl (C=O) groups is 2. The Kier molecular flexibility index (Phi) is 13.3. The molecule has 7 rings (SSSR count). The molecule has 16 nitrogen and oxygen atoms in total. The van der Waals surface area contributed by atoms with E-state index < -0.39 is 31.8 Å². The minimum Gasteiger partial charge on any atom is -0.404 e. The second-order valence-corrected chi connectivity index (χ2v) is 19.5. The molecule has 2 amide bonds. The van der Waals surface area contributed by atoms with Gasteiger partial charge in [-0.2, -0.15) is 0 Å². The molecule has 2 aliphatic carbocycles. The maximum Gasteiger partial charge on any atom is 0.573 e. The van der Waals surface area contributed by atoms with Gasteiger partial charge in [-0.05, 0) is 74.6 Å². The van der Waals surface area contributed by atoms with Crippen molar-refractivity contribution in [1.29, 1.82) is 0 Å². The summed E-state index contributed by atoms with van der Waals surface area (Å²) in [7, 11) is -6.09. The van der Waals surface area contributed by atoms with Crippen LogP contribution in [0.15, 0.2) is 36.9 Å². The summed E-state index contributed by atoms with van der Waals surface area (Å²) in [4.78, 5) is 48.2. The van der Waals surface area contributed by atoms with E-state index >= 15 is 0 Å². The predicted octanol–water partition coefficient (Wildman–Crippen LogP) is 4.52. The quantitative estimate of drug-likeness (QED) is 0.0812. The molecule has 0 bridgehead atoms. The van der Waals surface area contributed by atoms with E-state index in [4.69, 9.17) is 11.6 Å². The predicted molar refractivity (Wildman–Crippen MR) is 215 cm³/mol. The van der Waals surface area contributed by atoms with Crippen LogP contribution in [0.5, 0.6) is 5.75 Å². The number of amides is 2. The van der Waals surface area contributed by atoms with E-state index in [9.17, 15) is 39.6 Å². The van der Waals surface area contributed by atoms with Crippen LogP contribution in [0.3, 0.4) is 0 Å². The summed E-state index contributed by atoms with van der Waals surface area (Å²) in [6, 6.07) is 5.64. The zero-order valence-corrected chi connectivity index (χ0v) is 34.5. The molecule has 0 spiro atoms. The first-order valence-corrected chi connectivity index (χ1v) is 23.2. The van der Waals surface area contributed by atoms with Gasteiger partial charge in [0.2, 0.25) is 11.8 Å². The van der Waals surface area contributed by atoms with Crippen LogP contribution >= 0.6 is 11.6 Å². The van der Waals surface area contributed by atoms with Crippen LogP contribution < -0.4 is 20.7 Å². The van der Waals surface area contributed by atoms with Crippen molar-refractivity contribution in [1.82, 2.24) is 40.5 Å². The topological polar surface area (TPSA) is 231 Å². The zero-order chi connectivity index (χ0) is 42.5. The van der Waals surface area contributed by atoms with E-state index in [1.165, 1.54) is 37.1 Å². The molecule has 4 aromatic heterocycles. The van der Waals surface area contributed by atoms with Crippen molar-refractivity contribution in [2.75, 3.05) is 42.4 Å². The number of ether oxygens (including phenoxy) is 1. The van der Waals surface area contributed by atoms with Gasteiger partial charge >= 0.3 is 6.36 Å². The number of H-pyrrole nitrogens is 2. The number of aromatic amines is 2. The van der Waals surface area contributed by atoms with Crippen LogP contribution in [0.25, 0.3) is 22.1 Å². The molecule has 0 fully saturated rings. The Morgan fingerprint density at radius 3 is 1.85 bits per heavy atom. The van der Waals surface area contributed by atoms with E-state index in [0.717, 1.165) is 47.0 Å². The van der Waals surface area contributed by atoms with Gasteiger partial charge in [0.05, 0.1) is 28.0 Å². The maximum absolute atomic E-state index is 12.8. The van der Waals surface area contributed by atoms with E-state index in [0.29, 0.717) is 72.7 Å². The fourth-order valence-corrected chi connectivity index (χ4v) is 8.86. The fourth-order valence-electron chi connectivity index (χ4n) is 7.28. The third kappa shape index (κ3) is 11.6. The molecule has 2 atom stereocenters. The molecule has 0 saturated heterocycles. The van der Waals surface area contributed by atoms with E-state index in [1.807, 2.05) is 0 Å². The van der Waals surface area contributed by atoms with E-state index in [2.05, 4.69) is 50.6 Å². The van der Waals surface area contributed by atoms with Gasteiger partial charge in [-0.3, -0.25) is 9.59 Å². The Balaban J connectivity index is 0.000000213. The zero-order valence-electron chi connectivity index (χ0n) is 32.1. The van der Waals surface area contributed by atoms with Gasteiger partial charge in [0, 0.05) is 48.8 Å². The summed E-state index contributed by atoms with van der Waals surface area (Å²) in [6.07, 6.45) is 4.60. The van der Waals surface area contributed by atoms with Crippen LogP contribution in [0, 0.1) is 11.8 Å². The monoisotopic (exact) mass is 881 g/mol. The fraction of sp³-hybridized carbons (Fsp3) is 0.459. The van der Waals surface area contributed by atoms with Crippen molar-refractivity contribution in [3.63, 3.8) is 0 Å². The van der Waals surface area contributed by atoms with Crippen molar-refractivity contribution >= 4 is 76.7 Å². The summed E-state index contributed by atoms with van der Waals surface area (Å²) < 4.78 is 87.3. The number of nitrogens with one attached hydrogen (secondary N) is 5. The first-order chi connectivity index (χ1) is 27.8. The van der Waals surface area contributed by atoms with Crippen LogP contribution in [-0.2, 0) is 54.9 Å². The molecule has 59 heavy (non-hydrogen) atoms. The number of halogens is 4. The number of para-hydroxylation sites is 2. The second kappa shape index (κ2) is 18.1. The van der Waals surface area contributed by atoms with Crippen LogP contribution in [-0.4, -0.2) is 102 Å². The number of hydrogen-bond acceptors (Lipinski definition) is 12. The lowest BCUT2D eigenvalue weighted by Crippen LogP contribution is -2.35. The van der Waals surface area contributed by atoms with Crippen molar-refractivity contribution in [2.24, 2.45) is 11.8 Å². The highest BCUT2D eigenvalue weighted by atomic mass is 35.5. The van der Waals surface area contributed by atoms with Gasteiger partial charge in [-0.15, -0.1) is 13.2 Å². The minimum atomic E-state index is -4.85. The van der Waals surface area contributed by atoms with Gasteiger partial charge in [-0.1, -0.05) is 23.7 Å². The number of aryl methyl sites for hydroxylation is 2. The van der Waals surface area contributed by atoms with Crippen molar-refractivity contribution in [3.8, 4) is 5.75 Å². The summed E-state index contributed by atoms with van der Waals surface area (Å²) in [6.45, 7) is 0.627. The van der Waals surface area contributed by atoms with Crippen molar-refractivity contribution in [3.05, 3.63) is 64.6 Å². The number of fused-ring (bicyclic) bond motifs is 6. The van der Waals surface area contributed by atoms with Crippen molar-refractivity contribution in [2.45, 2.75) is 57.7 Å². The third-order valence-corrected chi connectivity index (χ3v) is 12.3. The van der Waals surface area contributed by atoms with Gasteiger partial charge in [-0.25, -0.2) is 36.8 Å². The average Bonchev–Trinajstić information content (AvgIpc) is 3.73. The summed E-state index contributed by atoms with van der Waals surface area (Å²) in [5.74, 6) is -0.735. The van der Waals surface area contributed by atoms with Crippen molar-refractivity contribution < 1.29 is 44.3 Å². The van der Waals surface area contributed by atoms with Crippen LogP contribution in [0.4, 0.5) is 24.7 Å². The number of sulfone groups is 2. The molecule has 1 aromatic carbocycles. The Labute approximate surface area is 342 Å². The number of benzene rings is 1. The number of alkyl halides is 3. The lowest BCUT2D eigenvalue weighted by Gasteiger charge is -2.22. The Hall–Kier alpha value is -5.02. The summed E-state index contributed by atoms with van der Waals surface area (Å²) >= 11 is 6.18. The normalized spacial score (nSPS) is 16.7. The highest BCUT2D eigenvalue weighted by Crippen LogP contribution is 2.38. The lowest BCUT2D eigenvalue weighted by molar-refractivity contribution is -0.274. The number of nitrogens with zero attached hydrogens (tertiary/aromatic N) is 4. The molecule has 2 unspecified atom stereocenters. The standard InChI is InChI=1S/C22H24F3N5O4S.C15H19ClN4O3S/c1-35(32,33)10-4-9-26-21(31)13-7-8-15-14(11-13)18-19(29-15)27-12-28-20(18)30-16-5-2-3-6-17(16)34-22(23,24)25;1-24(22,23)6-2-5-17-15(21)9-3-4-11-10(7-9)12-13(16)18-8-19-14(12)20-11/h2-3,5-6,12-13H,4,7-11H2,1H3,(H,26,31)(H2,27,28,29,30);8-9H,2-7H2,1H3,(H,17,21)(H,18,19,20). The molecule has 5 N–H and O–H groups in total. The van der Waals surface area contributed by atoms with Crippen LogP contribution in [0.2, 0.25) is 5.15 Å². The number of aromatic nitrogens is 6. The number of rotatable bonds is 13. The van der Waals surface area contributed by atoms with Gasteiger partial charge in [0.25, 0.3) is 0 Å². The maximum atomic E-state index is 12.8. The average molecular weight is 882 g/mol. The van der Waals surface area contributed by atoms with Gasteiger partial charge in [0.1, 0.15) is 54.6 Å². The second-order valence-electron chi connectivity index (χ2n) is 14.6. The van der Waals surface area contributed by atoms with E-state index in [1.54, 1.807) is 6.07 Å². The molecule has 318 valence electrons. The molecule has 4 heterocycles. The smallest absolute Gasteiger partial charge is 0.404 e. The Bertz CT molecular complexity index is 2570. The first kappa shape index (κ1) is 43.6. The first-order valence-electron chi connectivity index (χ1n) is 18.7. The largest absolute Gasteiger partial charge is 0.573 e. The number of carbonyl (C=O) groups excluding carboxylic acids is 2. The Morgan fingerprint density at radius 2 is 1.31 bits per heavy atom. The molecular weight excluding hydrogens is 839 g/mol. The molecule has 5 aromatic rings. The molecule has 0 radical (unpaired) electrons. The number of hydrogen-bond donors (Lipinski definition) is 5. The summed E-state index contributed by atoms with van der Waals surface area (Å²) in [5.41, 5.74) is 5.08. The minimum absolute atomic E-state index is 0.00353. The van der Waals surface area contributed by atoms with E-state index in [-0.39, 0.29) is 47.4 Å². The molecular formula is C37H43ClF3N9O7S2. The van der Waals surface area contributed by atoms with Crippen LogP contribution in [0.1, 0.15) is 48.2 Å². The Morgan fingerprint density at radius 1 is 0.797 bits per heavy atom. The number of anilines is 2. The SMILES string of the molecule is CS(=O)(=O)CCCNC(=O)C1CCc2[nH]c3ncnc(Cl)c3c2C1.CS(=O)(=O)CCCNC(=O)C1CCc2[nH]c3ncnc(Nc4ccccc4OC(F)(F)F)c3c2C1. The highest BCUT2D eigenvalue weighted by molar-refractivity contribution is 7.90. The molecule has 0 aliphatic heterocycles. The van der Waals surface area contributed by atoms with Gasteiger partial charge in [0.15, 0.2) is 5.75 Å². The lowest BCUT2D eigenvalue weighted by atomic mass is 9.86. The third-order valence-electron chi connectivity index (χ3n) is 10.00. The highest BCUT2D eigenvalue weighted by Gasteiger charge is 2.33. The molecule has 2 aliphatic rings. The summed E-state index contributed by atoms with van der Waals surface area (Å²) in [5, 5.41) is 10.3. The molecule has 0 saturated carbocycles. The van der Waals surface area contributed by atoms with Gasteiger partial charge < -0.3 is 30.7 Å². The molecule has 22 heteroatoms.